The highest BCUT2D eigenvalue weighted by atomic mass is 16.6. The van der Waals surface area contributed by atoms with Gasteiger partial charge in [-0.15, -0.1) is 0 Å². The highest BCUT2D eigenvalue weighted by Gasteiger charge is 2.37. The van der Waals surface area contributed by atoms with Crippen LogP contribution in [0.15, 0.2) is 30.3 Å². The summed E-state index contributed by atoms with van der Waals surface area (Å²) in [7, 11) is 0. The lowest BCUT2D eigenvalue weighted by Crippen LogP contribution is -2.43. The number of carbonyl (C=O) groups excluding carboxylic acids is 2. The van der Waals surface area contributed by atoms with Crippen LogP contribution in [0.1, 0.15) is 32.8 Å². The van der Waals surface area contributed by atoms with Crippen molar-refractivity contribution >= 4 is 12.2 Å². The van der Waals surface area contributed by atoms with Crippen LogP contribution in [0.25, 0.3) is 0 Å². The molecule has 1 aromatic rings. The van der Waals surface area contributed by atoms with Gasteiger partial charge in [-0.05, 0) is 32.8 Å². The van der Waals surface area contributed by atoms with Crippen LogP contribution in [0, 0.1) is 0 Å². The maximum atomic E-state index is 12.3. The number of hydrogen-bond acceptors (Lipinski definition) is 5. The van der Waals surface area contributed by atoms with E-state index in [9.17, 15) is 9.59 Å². The van der Waals surface area contributed by atoms with E-state index in [2.05, 4.69) is 5.32 Å². The Morgan fingerprint density at radius 1 is 1.28 bits per heavy atom. The second-order valence-corrected chi connectivity index (χ2v) is 7.16. The molecule has 25 heavy (non-hydrogen) atoms. The number of ether oxygens (including phenoxy) is 2. The van der Waals surface area contributed by atoms with Gasteiger partial charge in [-0.25, -0.2) is 9.59 Å². The molecule has 138 valence electrons. The Morgan fingerprint density at radius 3 is 2.56 bits per heavy atom. The average Bonchev–Trinajstić information content (AvgIpc) is 2.95. The summed E-state index contributed by atoms with van der Waals surface area (Å²) in [5, 5.41) is 2.79. The lowest BCUT2D eigenvalue weighted by molar-refractivity contribution is 0.0228. The van der Waals surface area contributed by atoms with E-state index < -0.39 is 17.8 Å². The molecular weight excluding hydrogens is 322 g/mol. The average molecular weight is 349 g/mol. The van der Waals surface area contributed by atoms with Gasteiger partial charge in [0.05, 0.1) is 6.04 Å². The van der Waals surface area contributed by atoms with Gasteiger partial charge >= 0.3 is 12.2 Å². The van der Waals surface area contributed by atoms with Crippen molar-refractivity contribution in [3.63, 3.8) is 0 Å². The number of rotatable bonds is 4. The second-order valence-electron chi connectivity index (χ2n) is 7.16. The van der Waals surface area contributed by atoms with Crippen LogP contribution in [0.2, 0.25) is 0 Å². The summed E-state index contributed by atoms with van der Waals surface area (Å²) in [4.78, 5) is 25.8. The number of amides is 2. The Bertz CT molecular complexity index is 586. The van der Waals surface area contributed by atoms with Crippen molar-refractivity contribution in [2.45, 2.75) is 51.5 Å². The van der Waals surface area contributed by atoms with Gasteiger partial charge in [-0.3, -0.25) is 0 Å². The molecule has 3 N–H and O–H groups in total. The molecule has 0 aromatic heterocycles. The van der Waals surface area contributed by atoms with Gasteiger partial charge in [0.15, 0.2) is 0 Å². The lowest BCUT2D eigenvalue weighted by Gasteiger charge is -2.27. The Morgan fingerprint density at radius 2 is 1.96 bits per heavy atom. The third-order valence-electron chi connectivity index (χ3n) is 3.85. The number of alkyl carbamates (subject to hydrolysis) is 1. The molecule has 0 bridgehead atoms. The fourth-order valence-electron chi connectivity index (χ4n) is 2.72. The van der Waals surface area contributed by atoms with Crippen molar-refractivity contribution in [2.24, 2.45) is 5.73 Å². The van der Waals surface area contributed by atoms with Crippen molar-refractivity contribution in [2.75, 3.05) is 13.1 Å². The first-order valence-corrected chi connectivity index (χ1v) is 8.45. The van der Waals surface area contributed by atoms with Gasteiger partial charge in [0.2, 0.25) is 0 Å². The first-order valence-electron chi connectivity index (χ1n) is 8.45. The molecule has 7 heteroatoms. The quantitative estimate of drug-likeness (QED) is 0.869. The van der Waals surface area contributed by atoms with Crippen LogP contribution in [0.4, 0.5) is 9.59 Å². The van der Waals surface area contributed by atoms with Crippen LogP contribution in [0.5, 0.6) is 0 Å². The molecule has 7 nitrogen and oxygen atoms in total. The molecule has 1 fully saturated rings. The predicted octanol–water partition coefficient (Wildman–Crippen LogP) is 2.25. The fraction of sp³-hybridized carbons (Fsp3) is 0.556. The molecule has 1 saturated heterocycles. The summed E-state index contributed by atoms with van der Waals surface area (Å²) in [6, 6.07) is 9.09. The molecule has 2 rings (SSSR count). The standard InChI is InChI=1S/C18H27N3O4/c1-18(2,3)25-17(23)21-11-14(9-15(21)10-19)20-16(22)24-12-13-7-5-4-6-8-13/h4-8,14-15H,9-12,19H2,1-3H3,(H,20,22)/t14-,15+/m1/s1. The zero-order valence-corrected chi connectivity index (χ0v) is 15.0. The van der Waals surface area contributed by atoms with Gasteiger partial charge in [-0.2, -0.15) is 0 Å². The summed E-state index contributed by atoms with van der Waals surface area (Å²) in [5.74, 6) is 0. The SMILES string of the molecule is CC(C)(C)OC(=O)N1C[C@H](NC(=O)OCc2ccccc2)C[C@H]1CN. The van der Waals surface area contributed by atoms with E-state index in [1.807, 2.05) is 51.1 Å². The topological polar surface area (TPSA) is 93.9 Å². The minimum absolute atomic E-state index is 0.158. The number of nitrogens with one attached hydrogen (secondary N) is 1. The highest BCUT2D eigenvalue weighted by molar-refractivity contribution is 5.70. The maximum Gasteiger partial charge on any atom is 0.410 e. The molecule has 0 unspecified atom stereocenters. The molecule has 0 aliphatic carbocycles. The molecule has 1 aromatic carbocycles. The zero-order chi connectivity index (χ0) is 18.4. The molecule has 0 spiro atoms. The molecule has 0 saturated carbocycles. The number of likely N-dealkylation sites (tertiary alicyclic amines) is 1. The maximum absolute atomic E-state index is 12.3. The van der Waals surface area contributed by atoms with Gasteiger partial charge < -0.3 is 25.4 Å². The van der Waals surface area contributed by atoms with Gasteiger partial charge in [0.25, 0.3) is 0 Å². The number of nitrogens with zero attached hydrogens (tertiary/aromatic N) is 1. The molecule has 1 heterocycles. The lowest BCUT2D eigenvalue weighted by atomic mass is 10.2. The molecule has 2 amide bonds. The van der Waals surface area contributed by atoms with Crippen molar-refractivity contribution < 1.29 is 19.1 Å². The van der Waals surface area contributed by atoms with E-state index in [0.717, 1.165) is 5.56 Å². The van der Waals surface area contributed by atoms with Crippen LogP contribution in [0.3, 0.4) is 0 Å². The van der Waals surface area contributed by atoms with E-state index in [4.69, 9.17) is 15.2 Å². The van der Waals surface area contributed by atoms with Crippen molar-refractivity contribution in [1.82, 2.24) is 10.2 Å². The largest absolute Gasteiger partial charge is 0.445 e. The van der Waals surface area contributed by atoms with Crippen LogP contribution in [-0.4, -0.2) is 47.9 Å². The van der Waals surface area contributed by atoms with Crippen molar-refractivity contribution in [3.05, 3.63) is 35.9 Å². The molecule has 0 radical (unpaired) electrons. The summed E-state index contributed by atoms with van der Waals surface area (Å²) in [6.07, 6.45) is -0.337. The minimum Gasteiger partial charge on any atom is -0.445 e. The molecular formula is C18H27N3O4. The number of nitrogens with two attached hydrogens (primary N) is 1. The predicted molar refractivity (Wildman–Crippen MR) is 94.0 cm³/mol. The Hall–Kier alpha value is -2.28. The monoisotopic (exact) mass is 349 g/mol. The van der Waals surface area contributed by atoms with Crippen molar-refractivity contribution in [1.29, 1.82) is 0 Å². The van der Waals surface area contributed by atoms with Crippen LogP contribution >= 0.6 is 0 Å². The van der Waals surface area contributed by atoms with Crippen LogP contribution < -0.4 is 11.1 Å². The molecule has 1 aliphatic heterocycles. The van der Waals surface area contributed by atoms with E-state index in [1.54, 1.807) is 4.90 Å². The van der Waals surface area contributed by atoms with E-state index in [-0.39, 0.29) is 18.7 Å². The molecule has 1 aliphatic rings. The number of hydrogen-bond donors (Lipinski definition) is 2. The summed E-state index contributed by atoms with van der Waals surface area (Å²) in [5.41, 5.74) is 6.10. The van der Waals surface area contributed by atoms with Gasteiger partial charge in [0, 0.05) is 19.1 Å². The first kappa shape index (κ1) is 19.1. The second kappa shape index (κ2) is 8.20. The smallest absolute Gasteiger partial charge is 0.410 e. The molecule has 2 atom stereocenters. The number of carbonyl (C=O) groups is 2. The summed E-state index contributed by atoms with van der Waals surface area (Å²) in [6.45, 7) is 6.32. The van der Waals surface area contributed by atoms with E-state index >= 15 is 0 Å². The van der Waals surface area contributed by atoms with Gasteiger partial charge in [-0.1, -0.05) is 30.3 Å². The van der Waals surface area contributed by atoms with Gasteiger partial charge in [0.1, 0.15) is 12.2 Å². The van der Waals surface area contributed by atoms with Crippen molar-refractivity contribution in [3.8, 4) is 0 Å². The first-order chi connectivity index (χ1) is 11.8. The minimum atomic E-state index is -0.573. The number of benzene rings is 1. The third-order valence-corrected chi connectivity index (χ3v) is 3.85. The van der Waals surface area contributed by atoms with E-state index in [0.29, 0.717) is 19.5 Å². The zero-order valence-electron chi connectivity index (χ0n) is 15.0. The third kappa shape index (κ3) is 5.94. The summed E-state index contributed by atoms with van der Waals surface area (Å²) >= 11 is 0. The normalized spacial score (nSPS) is 20.2. The van der Waals surface area contributed by atoms with Crippen LogP contribution in [-0.2, 0) is 16.1 Å². The fourth-order valence-corrected chi connectivity index (χ4v) is 2.72. The highest BCUT2D eigenvalue weighted by Crippen LogP contribution is 2.21. The Labute approximate surface area is 148 Å². The Kier molecular flexibility index (Phi) is 6.25. The Balaban J connectivity index is 1.84. The van der Waals surface area contributed by atoms with E-state index in [1.165, 1.54) is 0 Å². The summed E-state index contributed by atoms with van der Waals surface area (Å²) < 4.78 is 10.6.